The van der Waals surface area contributed by atoms with Crippen LogP contribution in [-0.4, -0.2) is 28.6 Å². The Bertz CT molecular complexity index is 988. The highest BCUT2D eigenvalue weighted by atomic mass is 16.7. The summed E-state index contributed by atoms with van der Waals surface area (Å²) in [6.07, 6.45) is 0.713. The number of nitrogens with one attached hydrogen (secondary N) is 2. The predicted molar refractivity (Wildman–Crippen MR) is 109 cm³/mol. The normalized spacial score (nSPS) is 10.1. The number of benzene rings is 2. The van der Waals surface area contributed by atoms with E-state index in [0.717, 1.165) is 11.4 Å². The number of nitrogens with zero attached hydrogens (tertiary/aromatic N) is 2. The van der Waals surface area contributed by atoms with Crippen LogP contribution in [-0.2, 0) is 4.74 Å². The molecular weight excluding hydrogens is 372 g/mol. The molecule has 3 rings (SSSR count). The summed E-state index contributed by atoms with van der Waals surface area (Å²) in [4.78, 5) is 31.9. The Morgan fingerprint density at radius 2 is 1.66 bits per heavy atom. The lowest BCUT2D eigenvalue weighted by molar-refractivity contribution is 0.102. The van der Waals surface area contributed by atoms with Crippen molar-refractivity contribution in [2.75, 3.05) is 17.2 Å². The molecule has 29 heavy (non-hydrogen) atoms. The summed E-state index contributed by atoms with van der Waals surface area (Å²) >= 11 is 0. The number of rotatable bonds is 6. The quantitative estimate of drug-likeness (QED) is 0.476. The van der Waals surface area contributed by atoms with E-state index in [0.29, 0.717) is 22.8 Å². The zero-order valence-electron chi connectivity index (χ0n) is 16.0. The number of hydrogen-bond donors (Lipinski definition) is 2. The fourth-order valence-electron chi connectivity index (χ4n) is 2.43. The maximum atomic E-state index is 12.4. The lowest BCUT2D eigenvalue weighted by Gasteiger charge is -2.09. The van der Waals surface area contributed by atoms with E-state index in [9.17, 15) is 9.59 Å². The molecule has 0 aliphatic rings. The third kappa shape index (κ3) is 5.77. The van der Waals surface area contributed by atoms with E-state index in [1.807, 2.05) is 25.1 Å². The molecular formula is C21H20N4O4. The molecule has 0 aliphatic heterocycles. The van der Waals surface area contributed by atoms with E-state index in [-0.39, 0.29) is 12.5 Å². The molecule has 148 valence electrons. The van der Waals surface area contributed by atoms with Crippen LogP contribution < -0.4 is 15.4 Å². The molecule has 3 aromatic rings. The van der Waals surface area contributed by atoms with E-state index in [4.69, 9.17) is 9.47 Å². The first kappa shape index (κ1) is 19.8. The van der Waals surface area contributed by atoms with Crippen molar-refractivity contribution in [2.24, 2.45) is 0 Å². The lowest BCUT2D eigenvalue weighted by atomic mass is 10.2. The van der Waals surface area contributed by atoms with Gasteiger partial charge in [0.25, 0.3) is 5.91 Å². The Kier molecular flexibility index (Phi) is 6.36. The van der Waals surface area contributed by atoms with Gasteiger partial charge in [0, 0.05) is 28.7 Å². The second-order valence-electron chi connectivity index (χ2n) is 6.01. The number of aryl methyl sites for hydroxylation is 1. The Labute approximate surface area is 167 Å². The zero-order chi connectivity index (χ0) is 20.6. The van der Waals surface area contributed by atoms with Crippen molar-refractivity contribution >= 4 is 29.3 Å². The van der Waals surface area contributed by atoms with Gasteiger partial charge < -0.3 is 20.1 Å². The van der Waals surface area contributed by atoms with Crippen molar-refractivity contribution in [3.05, 3.63) is 72.2 Å². The summed E-state index contributed by atoms with van der Waals surface area (Å²) in [6.45, 7) is 3.81. The molecule has 8 heteroatoms. The Morgan fingerprint density at radius 1 is 0.966 bits per heavy atom. The van der Waals surface area contributed by atoms with E-state index in [1.54, 1.807) is 31.2 Å². The molecule has 2 aromatic carbocycles. The van der Waals surface area contributed by atoms with Gasteiger partial charge >= 0.3 is 6.16 Å². The van der Waals surface area contributed by atoms with Gasteiger partial charge in [-0.2, -0.15) is 0 Å². The second-order valence-corrected chi connectivity index (χ2v) is 6.01. The smallest absolute Gasteiger partial charge is 0.434 e. The van der Waals surface area contributed by atoms with Crippen molar-refractivity contribution in [1.82, 2.24) is 9.97 Å². The summed E-state index contributed by atoms with van der Waals surface area (Å²) in [5.74, 6) is 0.717. The summed E-state index contributed by atoms with van der Waals surface area (Å²) in [5.41, 5.74) is 2.78. The molecule has 0 atom stereocenters. The van der Waals surface area contributed by atoms with Gasteiger partial charge in [-0.3, -0.25) is 4.79 Å². The molecule has 0 saturated heterocycles. The Balaban J connectivity index is 1.58. The van der Waals surface area contributed by atoms with Crippen LogP contribution in [0.2, 0.25) is 0 Å². The van der Waals surface area contributed by atoms with E-state index >= 15 is 0 Å². The van der Waals surface area contributed by atoms with Gasteiger partial charge in [0.05, 0.1) is 6.61 Å². The fourth-order valence-corrected chi connectivity index (χ4v) is 2.43. The maximum Gasteiger partial charge on any atom is 0.513 e. The van der Waals surface area contributed by atoms with Crippen LogP contribution in [0.1, 0.15) is 23.0 Å². The number of aromatic nitrogens is 2. The summed E-state index contributed by atoms with van der Waals surface area (Å²) < 4.78 is 9.67. The average Bonchev–Trinajstić information content (AvgIpc) is 2.70. The first-order valence-electron chi connectivity index (χ1n) is 8.95. The van der Waals surface area contributed by atoms with Crippen LogP contribution in [0.4, 0.5) is 22.0 Å². The van der Waals surface area contributed by atoms with Crippen LogP contribution >= 0.6 is 0 Å². The van der Waals surface area contributed by atoms with Gasteiger partial charge in [0.1, 0.15) is 17.9 Å². The highest BCUT2D eigenvalue weighted by Gasteiger charge is 2.09. The maximum absolute atomic E-state index is 12.4. The zero-order valence-corrected chi connectivity index (χ0v) is 16.0. The van der Waals surface area contributed by atoms with E-state index in [1.165, 1.54) is 18.5 Å². The van der Waals surface area contributed by atoms with Crippen LogP contribution in [0.25, 0.3) is 0 Å². The molecule has 0 saturated carbocycles. The number of ether oxygens (including phenoxy) is 2. The molecule has 0 bridgehead atoms. The first-order chi connectivity index (χ1) is 14.0. The van der Waals surface area contributed by atoms with Gasteiger partial charge in [0.15, 0.2) is 0 Å². The van der Waals surface area contributed by atoms with Gasteiger partial charge in [-0.25, -0.2) is 14.8 Å². The van der Waals surface area contributed by atoms with Crippen molar-refractivity contribution in [3.8, 4) is 5.75 Å². The van der Waals surface area contributed by atoms with Gasteiger partial charge in [0.2, 0.25) is 0 Å². The van der Waals surface area contributed by atoms with E-state index in [2.05, 4.69) is 20.6 Å². The summed E-state index contributed by atoms with van der Waals surface area (Å²) in [5, 5.41) is 5.99. The largest absolute Gasteiger partial charge is 0.513 e. The number of amides is 1. The molecule has 0 aliphatic carbocycles. The molecule has 1 heterocycles. The van der Waals surface area contributed by atoms with Gasteiger partial charge in [-0.05, 0) is 62.4 Å². The van der Waals surface area contributed by atoms with Gasteiger partial charge in [-0.1, -0.05) is 0 Å². The van der Waals surface area contributed by atoms with Crippen LogP contribution in [0.15, 0.2) is 60.9 Å². The topological polar surface area (TPSA) is 102 Å². The van der Waals surface area contributed by atoms with Crippen LogP contribution in [0, 0.1) is 6.92 Å². The van der Waals surface area contributed by atoms with Crippen molar-refractivity contribution in [1.29, 1.82) is 0 Å². The summed E-state index contributed by atoms with van der Waals surface area (Å²) in [7, 11) is 0. The van der Waals surface area contributed by atoms with Gasteiger partial charge in [-0.15, -0.1) is 0 Å². The monoisotopic (exact) mass is 392 g/mol. The fraction of sp³-hybridized carbons (Fsp3) is 0.143. The minimum Gasteiger partial charge on any atom is -0.434 e. The number of hydrogen-bond acceptors (Lipinski definition) is 7. The summed E-state index contributed by atoms with van der Waals surface area (Å²) in [6, 6.07) is 15.3. The van der Waals surface area contributed by atoms with Crippen LogP contribution in [0.5, 0.6) is 5.75 Å². The SMILES string of the molecule is CCOC(=O)Oc1ccc(C(=O)Nc2ccc(Nc3cc(C)ncn3)cc2)cc1. The first-order valence-corrected chi connectivity index (χ1v) is 8.95. The van der Waals surface area contributed by atoms with Crippen molar-refractivity contribution in [3.63, 3.8) is 0 Å². The molecule has 1 amide bonds. The molecule has 0 unspecified atom stereocenters. The third-order valence-electron chi connectivity index (χ3n) is 3.80. The molecule has 0 radical (unpaired) electrons. The van der Waals surface area contributed by atoms with Crippen molar-refractivity contribution < 1.29 is 19.1 Å². The molecule has 0 spiro atoms. The highest BCUT2D eigenvalue weighted by molar-refractivity contribution is 6.04. The highest BCUT2D eigenvalue weighted by Crippen LogP contribution is 2.19. The van der Waals surface area contributed by atoms with E-state index < -0.39 is 6.16 Å². The number of carbonyl (C=O) groups is 2. The third-order valence-corrected chi connectivity index (χ3v) is 3.80. The molecule has 0 fully saturated rings. The Hall–Kier alpha value is -3.94. The minimum atomic E-state index is -0.782. The predicted octanol–water partition coefficient (Wildman–Crippen LogP) is 4.32. The lowest BCUT2D eigenvalue weighted by Crippen LogP contribution is -2.12. The number of anilines is 3. The minimum absolute atomic E-state index is 0.229. The molecule has 2 N–H and O–H groups in total. The number of carbonyl (C=O) groups excluding carboxylic acids is 2. The van der Waals surface area contributed by atoms with Crippen LogP contribution in [0.3, 0.4) is 0 Å². The standard InChI is InChI=1S/C21H20N4O4/c1-3-28-21(27)29-18-10-4-15(5-11-18)20(26)25-17-8-6-16(7-9-17)24-19-12-14(2)22-13-23-19/h4-13H,3H2,1-2H3,(H,25,26)(H,22,23,24). The second kappa shape index (κ2) is 9.32. The molecule has 1 aromatic heterocycles. The van der Waals surface area contributed by atoms with Crippen molar-refractivity contribution in [2.45, 2.75) is 13.8 Å². The Morgan fingerprint density at radius 3 is 2.31 bits per heavy atom. The molecule has 8 nitrogen and oxygen atoms in total. The average molecular weight is 392 g/mol.